The molecule has 3 aromatic carbocycles. The van der Waals surface area contributed by atoms with Gasteiger partial charge in [0.2, 0.25) is 0 Å². The van der Waals surface area contributed by atoms with Crippen LogP contribution in [0.3, 0.4) is 0 Å². The van der Waals surface area contributed by atoms with Crippen LogP contribution in [-0.2, 0) is 4.79 Å². The van der Waals surface area contributed by atoms with Crippen LogP contribution in [0.25, 0.3) is 10.8 Å². The van der Waals surface area contributed by atoms with E-state index in [1.165, 1.54) is 5.56 Å². The first-order valence-electron chi connectivity index (χ1n) is 9.16. The van der Waals surface area contributed by atoms with Gasteiger partial charge in [0.1, 0.15) is 5.75 Å². The maximum absolute atomic E-state index is 12.6. The molecule has 1 N–H and O–H groups in total. The van der Waals surface area contributed by atoms with Gasteiger partial charge in [-0.05, 0) is 29.4 Å². The van der Waals surface area contributed by atoms with Gasteiger partial charge in [0.05, 0.1) is 0 Å². The number of carbonyl (C=O) groups excluding carboxylic acids is 1. The summed E-state index contributed by atoms with van der Waals surface area (Å²) in [4.78, 5) is 12.6. The Hall–Kier alpha value is -2.81. The Labute approximate surface area is 155 Å². The number of amides is 1. The molecule has 0 saturated carbocycles. The van der Waals surface area contributed by atoms with Crippen LogP contribution < -0.4 is 10.1 Å². The molecule has 0 spiro atoms. The van der Waals surface area contributed by atoms with Crippen LogP contribution in [0.1, 0.15) is 31.7 Å². The van der Waals surface area contributed by atoms with Crippen molar-refractivity contribution in [3.63, 3.8) is 0 Å². The Balaban J connectivity index is 1.65. The highest BCUT2D eigenvalue weighted by Crippen LogP contribution is 2.26. The van der Waals surface area contributed by atoms with E-state index in [0.29, 0.717) is 13.0 Å². The zero-order valence-corrected chi connectivity index (χ0v) is 15.3. The third kappa shape index (κ3) is 4.23. The second-order valence-corrected chi connectivity index (χ2v) is 6.55. The van der Waals surface area contributed by atoms with Crippen molar-refractivity contribution in [2.75, 3.05) is 6.54 Å². The van der Waals surface area contributed by atoms with Crippen molar-refractivity contribution in [2.24, 2.45) is 0 Å². The highest BCUT2D eigenvalue weighted by molar-refractivity contribution is 5.89. The summed E-state index contributed by atoms with van der Waals surface area (Å²) in [6.45, 7) is 4.68. The lowest BCUT2D eigenvalue weighted by atomic mass is 10.0. The Kier molecular flexibility index (Phi) is 5.90. The molecular formula is C23H25NO2. The highest BCUT2D eigenvalue weighted by atomic mass is 16.5. The van der Waals surface area contributed by atoms with Crippen molar-refractivity contribution in [3.05, 3.63) is 78.4 Å². The molecule has 0 bridgehead atoms. The fourth-order valence-electron chi connectivity index (χ4n) is 3.04. The Morgan fingerprint density at radius 1 is 0.962 bits per heavy atom. The Morgan fingerprint density at radius 2 is 1.65 bits per heavy atom. The van der Waals surface area contributed by atoms with Crippen molar-refractivity contribution in [3.8, 4) is 5.75 Å². The zero-order chi connectivity index (χ0) is 18.4. The monoisotopic (exact) mass is 347 g/mol. The zero-order valence-electron chi connectivity index (χ0n) is 15.3. The second kappa shape index (κ2) is 8.52. The molecule has 3 aromatic rings. The smallest absolute Gasteiger partial charge is 0.261 e. The van der Waals surface area contributed by atoms with Crippen LogP contribution in [0.5, 0.6) is 5.75 Å². The molecule has 0 radical (unpaired) electrons. The van der Waals surface area contributed by atoms with E-state index in [-0.39, 0.29) is 11.8 Å². The van der Waals surface area contributed by atoms with Gasteiger partial charge in [-0.25, -0.2) is 0 Å². The molecule has 0 fully saturated rings. The van der Waals surface area contributed by atoms with Crippen LogP contribution in [0.15, 0.2) is 72.8 Å². The first-order chi connectivity index (χ1) is 12.7. The molecule has 3 nitrogen and oxygen atoms in total. The number of fused-ring (bicyclic) bond motifs is 1. The predicted octanol–water partition coefficient (Wildman–Crippen LogP) is 4.92. The summed E-state index contributed by atoms with van der Waals surface area (Å²) >= 11 is 0. The number of carbonyl (C=O) groups is 1. The van der Waals surface area contributed by atoms with E-state index in [4.69, 9.17) is 4.74 Å². The highest BCUT2D eigenvalue weighted by Gasteiger charge is 2.20. The number of nitrogens with one attached hydrogen (secondary N) is 1. The standard InChI is InChI=1S/C23H25NO2/c1-3-21(23(25)24-16-17(2)18-10-5-4-6-11-18)26-22-15-9-13-19-12-7-8-14-20(19)22/h4-15,17,21H,3,16H2,1-2H3,(H,24,25)/t17-,21-/m0/s1. The lowest BCUT2D eigenvalue weighted by Crippen LogP contribution is -2.39. The number of ether oxygens (including phenoxy) is 1. The van der Waals surface area contributed by atoms with E-state index in [2.05, 4.69) is 24.4 Å². The average molecular weight is 347 g/mol. The lowest BCUT2D eigenvalue weighted by molar-refractivity contribution is -0.128. The molecular weight excluding hydrogens is 322 g/mol. The molecule has 1 amide bonds. The predicted molar refractivity (Wildman–Crippen MR) is 107 cm³/mol. The van der Waals surface area contributed by atoms with E-state index >= 15 is 0 Å². The molecule has 3 heteroatoms. The van der Waals surface area contributed by atoms with Gasteiger partial charge in [-0.15, -0.1) is 0 Å². The lowest BCUT2D eigenvalue weighted by Gasteiger charge is -2.20. The largest absolute Gasteiger partial charge is 0.480 e. The first-order valence-corrected chi connectivity index (χ1v) is 9.16. The van der Waals surface area contributed by atoms with E-state index in [9.17, 15) is 4.79 Å². The summed E-state index contributed by atoms with van der Waals surface area (Å²) in [5, 5.41) is 5.17. The van der Waals surface area contributed by atoms with Crippen molar-refractivity contribution in [1.82, 2.24) is 5.32 Å². The summed E-state index contributed by atoms with van der Waals surface area (Å²) in [5.41, 5.74) is 1.22. The molecule has 26 heavy (non-hydrogen) atoms. The quantitative estimate of drug-likeness (QED) is 0.659. The number of hydrogen-bond acceptors (Lipinski definition) is 2. The molecule has 134 valence electrons. The number of hydrogen-bond donors (Lipinski definition) is 1. The molecule has 0 aromatic heterocycles. The van der Waals surface area contributed by atoms with Gasteiger partial charge in [0.25, 0.3) is 5.91 Å². The van der Waals surface area contributed by atoms with Crippen molar-refractivity contribution < 1.29 is 9.53 Å². The molecule has 3 rings (SSSR count). The molecule has 0 heterocycles. The van der Waals surface area contributed by atoms with E-state index < -0.39 is 6.10 Å². The van der Waals surface area contributed by atoms with Crippen LogP contribution in [0, 0.1) is 0 Å². The van der Waals surface area contributed by atoms with Crippen molar-refractivity contribution in [2.45, 2.75) is 32.3 Å². The summed E-state index contributed by atoms with van der Waals surface area (Å²) in [5.74, 6) is 0.944. The van der Waals surface area contributed by atoms with Crippen molar-refractivity contribution in [1.29, 1.82) is 0 Å². The van der Waals surface area contributed by atoms with Gasteiger partial charge >= 0.3 is 0 Å². The molecule has 0 aliphatic heterocycles. The van der Waals surface area contributed by atoms with E-state index in [1.54, 1.807) is 0 Å². The van der Waals surface area contributed by atoms with Crippen LogP contribution >= 0.6 is 0 Å². The molecule has 0 aliphatic carbocycles. The minimum atomic E-state index is -0.497. The van der Waals surface area contributed by atoms with Crippen molar-refractivity contribution >= 4 is 16.7 Å². The summed E-state index contributed by atoms with van der Waals surface area (Å²) in [7, 11) is 0. The second-order valence-electron chi connectivity index (χ2n) is 6.55. The maximum Gasteiger partial charge on any atom is 0.261 e. The third-order valence-corrected chi connectivity index (χ3v) is 4.63. The molecule has 0 saturated heterocycles. The Bertz CT molecular complexity index is 855. The first kappa shape index (κ1) is 18.0. The third-order valence-electron chi connectivity index (χ3n) is 4.63. The van der Waals surface area contributed by atoms with Gasteiger partial charge in [-0.1, -0.05) is 80.6 Å². The fourth-order valence-corrected chi connectivity index (χ4v) is 3.04. The van der Waals surface area contributed by atoms with Gasteiger partial charge in [0.15, 0.2) is 6.10 Å². The fraction of sp³-hybridized carbons (Fsp3) is 0.261. The van der Waals surface area contributed by atoms with Gasteiger partial charge in [-0.2, -0.15) is 0 Å². The average Bonchev–Trinajstić information content (AvgIpc) is 2.70. The van der Waals surface area contributed by atoms with Gasteiger partial charge < -0.3 is 10.1 Å². The van der Waals surface area contributed by atoms with Crippen LogP contribution in [0.2, 0.25) is 0 Å². The topological polar surface area (TPSA) is 38.3 Å². The minimum absolute atomic E-state index is 0.0665. The molecule has 0 aliphatic rings. The van der Waals surface area contributed by atoms with E-state index in [0.717, 1.165) is 16.5 Å². The summed E-state index contributed by atoms with van der Waals surface area (Å²) in [6, 6.07) is 24.2. The maximum atomic E-state index is 12.6. The number of benzene rings is 3. The van der Waals surface area contributed by atoms with E-state index in [1.807, 2.05) is 67.6 Å². The summed E-state index contributed by atoms with van der Waals surface area (Å²) in [6.07, 6.45) is 0.123. The van der Waals surface area contributed by atoms with Crippen LogP contribution in [0.4, 0.5) is 0 Å². The molecule has 2 atom stereocenters. The van der Waals surface area contributed by atoms with Gasteiger partial charge in [0, 0.05) is 11.9 Å². The SMILES string of the molecule is CC[C@H](Oc1cccc2ccccc12)C(=O)NC[C@H](C)c1ccccc1. The number of rotatable bonds is 7. The van der Waals surface area contributed by atoms with Gasteiger partial charge in [-0.3, -0.25) is 4.79 Å². The van der Waals surface area contributed by atoms with Crippen LogP contribution in [-0.4, -0.2) is 18.6 Å². The summed E-state index contributed by atoms with van der Waals surface area (Å²) < 4.78 is 6.06. The Morgan fingerprint density at radius 3 is 2.42 bits per heavy atom. The minimum Gasteiger partial charge on any atom is -0.480 e. The molecule has 0 unspecified atom stereocenters. The normalized spacial score (nSPS) is 13.2.